The van der Waals surface area contributed by atoms with E-state index < -0.39 is 0 Å². The van der Waals surface area contributed by atoms with Gasteiger partial charge in [0.2, 0.25) is 6.41 Å². The first-order chi connectivity index (χ1) is 10.0. The highest BCUT2D eigenvalue weighted by Gasteiger charge is 2.15. The van der Waals surface area contributed by atoms with E-state index in [1.807, 2.05) is 32.9 Å². The van der Waals surface area contributed by atoms with Gasteiger partial charge in [-0.2, -0.15) is 0 Å². The lowest BCUT2D eigenvalue weighted by molar-refractivity contribution is -0.216. The Hall–Kier alpha value is -1.62. The fourth-order valence-corrected chi connectivity index (χ4v) is 1.82. The Balaban J connectivity index is 2.02. The van der Waals surface area contributed by atoms with Crippen LogP contribution in [-0.2, 0) is 9.63 Å². The van der Waals surface area contributed by atoms with E-state index in [1.165, 1.54) is 5.06 Å². The normalized spacial score (nSPS) is 11.2. The molecule has 0 spiro atoms. The SMILES string of the molecule is CC(C)(C)ON(C=O)CCCCCCOc1cccnc1. The molecule has 21 heavy (non-hydrogen) atoms. The Kier molecular flexibility index (Phi) is 7.75. The number of nitrogens with zero attached hydrogens (tertiary/aromatic N) is 2. The molecular weight excluding hydrogens is 268 g/mol. The molecule has 0 aliphatic heterocycles. The summed E-state index contributed by atoms with van der Waals surface area (Å²) in [5.41, 5.74) is -0.335. The average Bonchev–Trinajstić information content (AvgIpc) is 2.45. The number of pyridine rings is 1. The number of unbranched alkanes of at least 4 members (excludes halogenated alkanes) is 3. The second-order valence-electron chi connectivity index (χ2n) is 5.90. The predicted octanol–water partition coefficient (Wildman–Crippen LogP) is 3.21. The Labute approximate surface area is 127 Å². The molecule has 0 atom stereocenters. The van der Waals surface area contributed by atoms with E-state index >= 15 is 0 Å². The monoisotopic (exact) mass is 294 g/mol. The maximum atomic E-state index is 10.9. The number of aromatic nitrogens is 1. The molecule has 118 valence electrons. The number of hydroxylamine groups is 2. The number of amides is 1. The molecule has 0 saturated heterocycles. The molecule has 0 fully saturated rings. The lowest BCUT2D eigenvalue weighted by atomic mass is 10.2. The highest BCUT2D eigenvalue weighted by Crippen LogP contribution is 2.11. The first-order valence-electron chi connectivity index (χ1n) is 7.45. The minimum absolute atomic E-state index is 0.335. The van der Waals surface area contributed by atoms with Gasteiger partial charge >= 0.3 is 0 Å². The van der Waals surface area contributed by atoms with Crippen LogP contribution in [0.1, 0.15) is 46.5 Å². The van der Waals surface area contributed by atoms with Crippen molar-refractivity contribution in [3.05, 3.63) is 24.5 Å². The van der Waals surface area contributed by atoms with E-state index in [9.17, 15) is 4.79 Å². The minimum Gasteiger partial charge on any atom is -0.492 e. The Morgan fingerprint density at radius 2 is 2.00 bits per heavy atom. The molecule has 0 unspecified atom stereocenters. The van der Waals surface area contributed by atoms with Gasteiger partial charge in [-0.25, -0.2) is 5.06 Å². The molecule has 0 bridgehead atoms. The van der Waals surface area contributed by atoms with Crippen molar-refractivity contribution < 1.29 is 14.4 Å². The summed E-state index contributed by atoms with van der Waals surface area (Å²) in [6, 6.07) is 3.76. The zero-order valence-electron chi connectivity index (χ0n) is 13.2. The molecule has 1 heterocycles. The van der Waals surface area contributed by atoms with Gasteiger partial charge in [0.15, 0.2) is 0 Å². The highest BCUT2D eigenvalue weighted by molar-refractivity contribution is 5.44. The standard InChI is InChI=1S/C16H26N2O3/c1-16(2,3)21-18(14-19)11-6-4-5-7-12-20-15-9-8-10-17-13-15/h8-10,13-14H,4-7,11-12H2,1-3H3. The first kappa shape index (κ1) is 17.4. The zero-order chi connectivity index (χ0) is 15.6. The summed E-state index contributed by atoms with van der Waals surface area (Å²) in [5.74, 6) is 0.809. The molecule has 0 saturated carbocycles. The maximum Gasteiger partial charge on any atom is 0.233 e. The van der Waals surface area contributed by atoms with Gasteiger partial charge in [-0.05, 0) is 52.2 Å². The number of ether oxygens (including phenoxy) is 1. The second-order valence-corrected chi connectivity index (χ2v) is 5.90. The topological polar surface area (TPSA) is 51.7 Å². The molecule has 0 aliphatic carbocycles. The third-order valence-electron chi connectivity index (χ3n) is 2.68. The first-order valence-corrected chi connectivity index (χ1v) is 7.45. The molecule has 0 radical (unpaired) electrons. The van der Waals surface area contributed by atoms with Gasteiger partial charge in [-0.15, -0.1) is 0 Å². The van der Waals surface area contributed by atoms with Gasteiger partial charge < -0.3 is 4.74 Å². The van der Waals surface area contributed by atoms with Crippen LogP contribution in [0.4, 0.5) is 0 Å². The van der Waals surface area contributed by atoms with Gasteiger partial charge in [0.05, 0.1) is 18.4 Å². The van der Waals surface area contributed by atoms with Crippen LogP contribution in [-0.4, -0.2) is 35.2 Å². The van der Waals surface area contributed by atoms with Gasteiger partial charge in [0.25, 0.3) is 0 Å². The summed E-state index contributed by atoms with van der Waals surface area (Å²) in [5, 5.41) is 1.38. The summed E-state index contributed by atoms with van der Waals surface area (Å²) < 4.78 is 5.57. The molecule has 1 aromatic heterocycles. The maximum absolute atomic E-state index is 10.9. The number of hydrogen-bond acceptors (Lipinski definition) is 4. The fraction of sp³-hybridized carbons (Fsp3) is 0.625. The number of hydrogen-bond donors (Lipinski definition) is 0. The Morgan fingerprint density at radius 1 is 1.24 bits per heavy atom. The molecule has 0 aromatic carbocycles. The molecule has 1 amide bonds. The third-order valence-corrected chi connectivity index (χ3v) is 2.68. The van der Waals surface area contributed by atoms with Crippen LogP contribution < -0.4 is 4.74 Å². The minimum atomic E-state index is -0.335. The van der Waals surface area contributed by atoms with E-state index in [0.29, 0.717) is 13.2 Å². The van der Waals surface area contributed by atoms with Crippen molar-refractivity contribution in [1.29, 1.82) is 0 Å². The summed E-state index contributed by atoms with van der Waals surface area (Å²) in [4.78, 5) is 20.4. The third kappa shape index (κ3) is 9.02. The largest absolute Gasteiger partial charge is 0.492 e. The molecule has 1 rings (SSSR count). The molecule has 1 aromatic rings. The van der Waals surface area contributed by atoms with E-state index in [4.69, 9.17) is 9.57 Å². The Bertz CT molecular complexity index is 390. The lowest BCUT2D eigenvalue weighted by Gasteiger charge is -2.26. The van der Waals surface area contributed by atoms with Crippen LogP contribution in [0.2, 0.25) is 0 Å². The van der Waals surface area contributed by atoms with Crippen LogP contribution in [0.15, 0.2) is 24.5 Å². The van der Waals surface area contributed by atoms with E-state index in [2.05, 4.69) is 4.98 Å². The summed E-state index contributed by atoms with van der Waals surface area (Å²) in [7, 11) is 0. The predicted molar refractivity (Wildman–Crippen MR) is 81.8 cm³/mol. The van der Waals surface area contributed by atoms with Crippen LogP contribution in [0.25, 0.3) is 0 Å². The van der Waals surface area contributed by atoms with Crippen molar-refractivity contribution in [1.82, 2.24) is 10.0 Å². The molecule has 5 heteroatoms. The van der Waals surface area contributed by atoms with Crippen LogP contribution >= 0.6 is 0 Å². The van der Waals surface area contributed by atoms with Crippen molar-refractivity contribution in [3.8, 4) is 5.75 Å². The quantitative estimate of drug-likeness (QED) is 0.378. The smallest absolute Gasteiger partial charge is 0.233 e. The Morgan fingerprint density at radius 3 is 2.62 bits per heavy atom. The number of carbonyl (C=O) groups is 1. The van der Waals surface area contributed by atoms with Gasteiger partial charge in [0, 0.05) is 12.7 Å². The van der Waals surface area contributed by atoms with Crippen LogP contribution in [0, 0.1) is 0 Å². The molecule has 0 aliphatic rings. The van der Waals surface area contributed by atoms with Crippen LogP contribution in [0.5, 0.6) is 5.75 Å². The van der Waals surface area contributed by atoms with Crippen molar-refractivity contribution >= 4 is 6.41 Å². The summed E-state index contributed by atoms with van der Waals surface area (Å²) >= 11 is 0. The average molecular weight is 294 g/mol. The van der Waals surface area contributed by atoms with Crippen molar-refractivity contribution in [2.24, 2.45) is 0 Å². The van der Waals surface area contributed by atoms with Crippen molar-refractivity contribution in [2.45, 2.75) is 52.1 Å². The van der Waals surface area contributed by atoms with E-state index in [0.717, 1.165) is 37.8 Å². The van der Waals surface area contributed by atoms with Crippen LogP contribution in [0.3, 0.4) is 0 Å². The van der Waals surface area contributed by atoms with Crippen molar-refractivity contribution in [3.63, 3.8) is 0 Å². The molecule has 0 N–H and O–H groups in total. The summed E-state index contributed by atoms with van der Waals surface area (Å²) in [6.45, 7) is 7.11. The van der Waals surface area contributed by atoms with E-state index in [-0.39, 0.29) is 5.60 Å². The van der Waals surface area contributed by atoms with Gasteiger partial charge in [0.1, 0.15) is 5.75 Å². The fourth-order valence-electron chi connectivity index (χ4n) is 1.82. The zero-order valence-corrected chi connectivity index (χ0v) is 13.2. The number of rotatable bonds is 10. The molecular formula is C16H26N2O3. The molecule has 5 nitrogen and oxygen atoms in total. The van der Waals surface area contributed by atoms with Gasteiger partial charge in [-0.3, -0.25) is 14.6 Å². The highest BCUT2D eigenvalue weighted by atomic mass is 16.7. The number of carbonyl (C=O) groups excluding carboxylic acids is 1. The second kappa shape index (κ2) is 9.34. The van der Waals surface area contributed by atoms with Gasteiger partial charge in [-0.1, -0.05) is 6.42 Å². The van der Waals surface area contributed by atoms with E-state index in [1.54, 1.807) is 12.4 Å². The lowest BCUT2D eigenvalue weighted by Crippen LogP contribution is -2.33. The summed E-state index contributed by atoms with van der Waals surface area (Å²) in [6.07, 6.45) is 8.24. The van der Waals surface area contributed by atoms with Crippen molar-refractivity contribution in [2.75, 3.05) is 13.2 Å².